The Morgan fingerprint density at radius 1 is 1.09 bits per heavy atom. The average molecular weight is 157 g/mol. The van der Waals surface area contributed by atoms with Crippen LogP contribution >= 0.6 is 0 Å². The van der Waals surface area contributed by atoms with Gasteiger partial charge in [0, 0.05) is 6.04 Å². The second kappa shape index (κ2) is 6.66. The third-order valence-corrected chi connectivity index (χ3v) is 2.40. The van der Waals surface area contributed by atoms with E-state index in [-0.39, 0.29) is 0 Å². The van der Waals surface area contributed by atoms with E-state index in [9.17, 15) is 0 Å². The molecule has 0 radical (unpaired) electrons. The van der Waals surface area contributed by atoms with Gasteiger partial charge in [-0.05, 0) is 25.8 Å². The summed E-state index contributed by atoms with van der Waals surface area (Å²) in [6.45, 7) is 6.86. The van der Waals surface area contributed by atoms with Gasteiger partial charge in [-0.15, -0.1) is 0 Å². The van der Waals surface area contributed by atoms with Crippen LogP contribution in [-0.4, -0.2) is 13.1 Å². The fourth-order valence-electron chi connectivity index (χ4n) is 1.68. The summed E-state index contributed by atoms with van der Waals surface area (Å²) >= 11 is 0. The largest absolute Gasteiger partial charge is 0.317 e. The van der Waals surface area contributed by atoms with Gasteiger partial charge in [-0.2, -0.15) is 0 Å². The molecule has 0 aromatic rings. The van der Waals surface area contributed by atoms with E-state index < -0.39 is 0 Å². The van der Waals surface area contributed by atoms with Crippen LogP contribution in [0.2, 0.25) is 0 Å². The summed E-state index contributed by atoms with van der Waals surface area (Å²) in [4.78, 5) is 0. The summed E-state index contributed by atoms with van der Waals surface area (Å²) in [6, 6.07) is 0.736. The highest BCUT2D eigenvalue weighted by Crippen LogP contribution is 2.14. The average Bonchev–Trinajstić information content (AvgIpc) is 2.00. The van der Waals surface area contributed by atoms with Crippen LogP contribution in [0.25, 0.3) is 0 Å². The summed E-state index contributed by atoms with van der Waals surface area (Å²) < 4.78 is 0. The van der Waals surface area contributed by atoms with Crippen molar-refractivity contribution < 1.29 is 0 Å². The maximum atomic E-state index is 3.39. The van der Waals surface area contributed by atoms with Gasteiger partial charge in [-0.3, -0.25) is 0 Å². The van der Waals surface area contributed by atoms with Gasteiger partial charge in [0.05, 0.1) is 0 Å². The predicted octanol–water partition coefficient (Wildman–Crippen LogP) is 2.81. The van der Waals surface area contributed by atoms with Crippen LogP contribution in [0, 0.1) is 5.92 Å². The molecule has 0 saturated heterocycles. The molecule has 1 nitrogen and oxygen atoms in total. The van der Waals surface area contributed by atoms with Gasteiger partial charge < -0.3 is 5.32 Å². The zero-order valence-electron chi connectivity index (χ0n) is 8.48. The Hall–Kier alpha value is -0.0400. The van der Waals surface area contributed by atoms with Crippen molar-refractivity contribution in [3.8, 4) is 0 Å². The molecular formula is C10H23N. The molecule has 2 atom stereocenters. The summed E-state index contributed by atoms with van der Waals surface area (Å²) in [6.07, 6.45) is 5.27. The molecule has 0 spiro atoms. The van der Waals surface area contributed by atoms with E-state index in [0.29, 0.717) is 0 Å². The Kier molecular flexibility index (Phi) is 6.63. The molecule has 0 aliphatic carbocycles. The van der Waals surface area contributed by atoms with Crippen LogP contribution in [-0.2, 0) is 0 Å². The normalized spacial score (nSPS) is 16.4. The molecular weight excluding hydrogens is 134 g/mol. The lowest BCUT2D eigenvalue weighted by molar-refractivity contribution is 0.353. The van der Waals surface area contributed by atoms with Crippen LogP contribution in [0.1, 0.15) is 46.5 Å². The Morgan fingerprint density at radius 2 is 1.64 bits per heavy atom. The molecule has 1 heteroatoms. The van der Waals surface area contributed by atoms with Crippen molar-refractivity contribution >= 4 is 0 Å². The van der Waals surface area contributed by atoms with Gasteiger partial charge >= 0.3 is 0 Å². The number of hydrogen-bond acceptors (Lipinski definition) is 1. The highest BCUT2D eigenvalue weighted by molar-refractivity contribution is 4.70. The van der Waals surface area contributed by atoms with E-state index in [4.69, 9.17) is 0 Å². The molecule has 0 fully saturated rings. The maximum absolute atomic E-state index is 3.39. The first-order chi connectivity index (χ1) is 5.26. The molecule has 0 aliphatic heterocycles. The minimum atomic E-state index is 0.736. The first kappa shape index (κ1) is 11.0. The number of hydrogen-bond donors (Lipinski definition) is 1. The second-order valence-corrected chi connectivity index (χ2v) is 3.45. The lowest BCUT2D eigenvalue weighted by Gasteiger charge is -2.22. The molecule has 0 amide bonds. The quantitative estimate of drug-likeness (QED) is 0.625. The van der Waals surface area contributed by atoms with Crippen molar-refractivity contribution in [2.75, 3.05) is 7.05 Å². The van der Waals surface area contributed by atoms with E-state index in [1.54, 1.807) is 0 Å². The topological polar surface area (TPSA) is 12.0 Å². The molecule has 0 heterocycles. The number of rotatable bonds is 6. The Bertz CT molecular complexity index is 80.9. The Labute approximate surface area is 71.6 Å². The lowest BCUT2D eigenvalue weighted by Crippen LogP contribution is -2.31. The van der Waals surface area contributed by atoms with Gasteiger partial charge in [-0.1, -0.05) is 33.6 Å². The van der Waals surface area contributed by atoms with Crippen molar-refractivity contribution in [1.82, 2.24) is 5.32 Å². The molecule has 0 aromatic carbocycles. The monoisotopic (exact) mass is 157 g/mol. The Morgan fingerprint density at radius 3 is 2.00 bits per heavy atom. The zero-order valence-corrected chi connectivity index (χ0v) is 8.48. The molecule has 2 unspecified atom stereocenters. The van der Waals surface area contributed by atoms with Crippen molar-refractivity contribution in [2.24, 2.45) is 5.92 Å². The van der Waals surface area contributed by atoms with Crippen molar-refractivity contribution in [3.63, 3.8) is 0 Å². The third kappa shape index (κ3) is 4.41. The fraction of sp³-hybridized carbons (Fsp3) is 1.00. The second-order valence-electron chi connectivity index (χ2n) is 3.45. The van der Waals surface area contributed by atoms with Crippen LogP contribution in [0.3, 0.4) is 0 Å². The van der Waals surface area contributed by atoms with Crippen molar-refractivity contribution in [1.29, 1.82) is 0 Å². The molecule has 11 heavy (non-hydrogen) atoms. The van der Waals surface area contributed by atoms with E-state index in [1.807, 2.05) is 0 Å². The summed E-state index contributed by atoms with van der Waals surface area (Å²) in [5, 5.41) is 3.39. The summed E-state index contributed by atoms with van der Waals surface area (Å²) in [5.74, 6) is 0.838. The van der Waals surface area contributed by atoms with E-state index in [1.165, 1.54) is 25.7 Å². The molecule has 0 bridgehead atoms. The molecule has 1 N–H and O–H groups in total. The molecule has 68 valence electrons. The molecule has 0 rings (SSSR count). The minimum absolute atomic E-state index is 0.736. The molecule has 0 aromatic heterocycles. The minimum Gasteiger partial charge on any atom is -0.317 e. The first-order valence-electron chi connectivity index (χ1n) is 4.93. The van der Waals surface area contributed by atoms with Gasteiger partial charge in [-0.25, -0.2) is 0 Å². The van der Waals surface area contributed by atoms with Gasteiger partial charge in [0.25, 0.3) is 0 Å². The van der Waals surface area contributed by atoms with E-state index in [0.717, 1.165) is 12.0 Å². The van der Waals surface area contributed by atoms with Gasteiger partial charge in [0.2, 0.25) is 0 Å². The summed E-state index contributed by atoms with van der Waals surface area (Å²) in [7, 11) is 2.08. The van der Waals surface area contributed by atoms with Crippen LogP contribution in [0.4, 0.5) is 0 Å². The van der Waals surface area contributed by atoms with Crippen LogP contribution in [0.5, 0.6) is 0 Å². The van der Waals surface area contributed by atoms with Crippen LogP contribution in [0.15, 0.2) is 0 Å². The van der Waals surface area contributed by atoms with E-state index in [2.05, 4.69) is 33.1 Å². The molecule has 0 saturated carbocycles. The first-order valence-corrected chi connectivity index (χ1v) is 4.93. The summed E-state index contributed by atoms with van der Waals surface area (Å²) in [5.41, 5.74) is 0. The van der Waals surface area contributed by atoms with Crippen LogP contribution < -0.4 is 5.32 Å². The van der Waals surface area contributed by atoms with Gasteiger partial charge in [0.1, 0.15) is 0 Å². The third-order valence-electron chi connectivity index (χ3n) is 2.40. The standard InChI is InChI=1S/C10H23N/c1-5-7-9(3)10(11-4)8-6-2/h9-11H,5-8H2,1-4H3. The van der Waals surface area contributed by atoms with Crippen molar-refractivity contribution in [3.05, 3.63) is 0 Å². The maximum Gasteiger partial charge on any atom is 0.00895 e. The zero-order chi connectivity index (χ0) is 8.69. The molecule has 0 aliphatic rings. The fourth-order valence-corrected chi connectivity index (χ4v) is 1.68. The SMILES string of the molecule is CCCC(C)C(CCC)NC. The van der Waals surface area contributed by atoms with Crippen molar-refractivity contribution in [2.45, 2.75) is 52.5 Å². The lowest BCUT2D eigenvalue weighted by atomic mass is 9.94. The highest BCUT2D eigenvalue weighted by Gasteiger charge is 2.12. The number of nitrogens with one attached hydrogen (secondary N) is 1. The highest BCUT2D eigenvalue weighted by atomic mass is 14.9. The van der Waals surface area contributed by atoms with E-state index >= 15 is 0 Å². The van der Waals surface area contributed by atoms with Gasteiger partial charge in [0.15, 0.2) is 0 Å². The Balaban J connectivity index is 3.61. The predicted molar refractivity (Wildman–Crippen MR) is 51.8 cm³/mol. The smallest absolute Gasteiger partial charge is 0.00895 e.